The van der Waals surface area contributed by atoms with E-state index in [1.165, 1.54) is 29.8 Å². The molecular weight excluding hydrogens is 403 g/mol. The number of H-pyrrole nitrogens is 1. The number of alkyl halides is 3. The fraction of sp³-hybridized carbons (Fsp3) is 0.0526. The van der Waals surface area contributed by atoms with Crippen LogP contribution in [0.25, 0.3) is 22.6 Å². The maximum Gasteiger partial charge on any atom is 0.416 e. The molecule has 0 bridgehead atoms. The van der Waals surface area contributed by atoms with E-state index in [0.29, 0.717) is 34.2 Å². The predicted octanol–water partition coefficient (Wildman–Crippen LogP) is 4.87. The van der Waals surface area contributed by atoms with Gasteiger partial charge in [-0.1, -0.05) is 12.1 Å². The normalized spacial score (nSPS) is 11.4. The quantitative estimate of drug-likeness (QED) is 0.498. The first kappa shape index (κ1) is 18.8. The molecule has 0 spiro atoms. The largest absolute Gasteiger partial charge is 0.416 e. The molecule has 2 N–H and O–H groups in total. The lowest BCUT2D eigenvalue weighted by molar-refractivity contribution is -0.137. The van der Waals surface area contributed by atoms with Gasteiger partial charge in [-0.2, -0.15) is 13.2 Å². The zero-order valence-corrected chi connectivity index (χ0v) is 15.4. The zero-order chi connectivity index (χ0) is 20.4. The summed E-state index contributed by atoms with van der Waals surface area (Å²) in [6, 6.07) is 8.29. The second-order valence-corrected chi connectivity index (χ2v) is 6.70. The molecule has 0 unspecified atom stereocenters. The lowest BCUT2D eigenvalue weighted by atomic mass is 10.1. The molecule has 10 heteroatoms. The first-order valence-electron chi connectivity index (χ1n) is 8.29. The molecule has 3 aromatic heterocycles. The van der Waals surface area contributed by atoms with Crippen LogP contribution < -0.4 is 5.32 Å². The molecule has 0 aliphatic carbocycles. The Labute approximate surface area is 166 Å². The second-order valence-electron chi connectivity index (χ2n) is 5.98. The van der Waals surface area contributed by atoms with Crippen molar-refractivity contribution in [2.75, 3.05) is 5.32 Å². The Hall–Kier alpha value is -3.53. The number of amides is 1. The lowest BCUT2D eigenvalue weighted by Crippen LogP contribution is -2.13. The van der Waals surface area contributed by atoms with Crippen molar-refractivity contribution in [2.24, 2.45) is 0 Å². The van der Waals surface area contributed by atoms with Gasteiger partial charge in [-0.05, 0) is 24.3 Å². The van der Waals surface area contributed by atoms with E-state index in [9.17, 15) is 18.0 Å². The number of nitrogens with one attached hydrogen (secondary N) is 2. The minimum Gasteiger partial charge on any atom is -0.338 e. The molecule has 0 aliphatic rings. The van der Waals surface area contributed by atoms with E-state index >= 15 is 0 Å². The van der Waals surface area contributed by atoms with E-state index in [-0.39, 0.29) is 5.91 Å². The number of rotatable bonds is 4. The van der Waals surface area contributed by atoms with Gasteiger partial charge in [0.2, 0.25) is 0 Å². The Morgan fingerprint density at radius 1 is 1.03 bits per heavy atom. The molecule has 0 atom stereocenters. The smallest absolute Gasteiger partial charge is 0.338 e. The molecular formula is C19H12F3N5OS. The third kappa shape index (κ3) is 4.16. The minimum absolute atomic E-state index is 0.303. The average Bonchev–Trinajstić information content (AvgIpc) is 3.40. The third-order valence-corrected chi connectivity index (χ3v) is 4.61. The number of benzene rings is 1. The molecule has 0 radical (unpaired) electrons. The highest BCUT2D eigenvalue weighted by Gasteiger charge is 2.30. The highest BCUT2D eigenvalue weighted by Crippen LogP contribution is 2.32. The van der Waals surface area contributed by atoms with Crippen molar-refractivity contribution >= 4 is 23.1 Å². The molecule has 0 fully saturated rings. The van der Waals surface area contributed by atoms with E-state index in [2.05, 4.69) is 25.3 Å². The molecule has 1 aromatic carbocycles. The zero-order valence-electron chi connectivity index (χ0n) is 14.6. The van der Waals surface area contributed by atoms with Crippen molar-refractivity contribution in [1.29, 1.82) is 0 Å². The molecule has 4 aromatic rings. The van der Waals surface area contributed by atoms with Crippen molar-refractivity contribution in [2.45, 2.75) is 6.18 Å². The van der Waals surface area contributed by atoms with Gasteiger partial charge in [-0.15, -0.1) is 11.3 Å². The molecule has 29 heavy (non-hydrogen) atoms. The van der Waals surface area contributed by atoms with Gasteiger partial charge < -0.3 is 10.3 Å². The summed E-state index contributed by atoms with van der Waals surface area (Å²) in [6.07, 6.45) is -1.45. The Morgan fingerprint density at radius 2 is 1.90 bits per heavy atom. The number of carbonyl (C=O) groups is 1. The van der Waals surface area contributed by atoms with Crippen LogP contribution in [0, 0.1) is 0 Å². The second kappa shape index (κ2) is 7.47. The first-order chi connectivity index (χ1) is 13.9. The van der Waals surface area contributed by atoms with Crippen LogP contribution in [-0.2, 0) is 6.18 Å². The fourth-order valence-electron chi connectivity index (χ4n) is 2.59. The van der Waals surface area contributed by atoms with Crippen LogP contribution in [0.3, 0.4) is 0 Å². The van der Waals surface area contributed by atoms with Gasteiger partial charge >= 0.3 is 6.18 Å². The van der Waals surface area contributed by atoms with Crippen LogP contribution in [0.2, 0.25) is 0 Å². The van der Waals surface area contributed by atoms with Crippen LogP contribution in [0.1, 0.15) is 16.1 Å². The number of aromatic nitrogens is 4. The number of hydrogen-bond acceptors (Lipinski definition) is 5. The molecule has 146 valence electrons. The maximum absolute atomic E-state index is 12.9. The Bertz CT molecular complexity index is 1140. The number of imidazole rings is 1. The molecule has 6 nitrogen and oxygen atoms in total. The van der Waals surface area contributed by atoms with Crippen molar-refractivity contribution < 1.29 is 18.0 Å². The van der Waals surface area contributed by atoms with E-state index in [4.69, 9.17) is 0 Å². The van der Waals surface area contributed by atoms with Crippen LogP contribution in [0.5, 0.6) is 0 Å². The number of carbonyl (C=O) groups excluding carboxylic acids is 1. The number of anilines is 1. The van der Waals surface area contributed by atoms with Crippen molar-refractivity contribution in [1.82, 2.24) is 19.9 Å². The summed E-state index contributed by atoms with van der Waals surface area (Å²) in [5.41, 5.74) is 2.58. The van der Waals surface area contributed by atoms with Gasteiger partial charge in [0.05, 0.1) is 23.0 Å². The summed E-state index contributed by atoms with van der Waals surface area (Å²) in [6.45, 7) is 0. The summed E-state index contributed by atoms with van der Waals surface area (Å²) in [7, 11) is 0. The SMILES string of the molecule is O=C(Nc1ccc(-c2ncc(-c3cccc(C(F)(F)F)c3)[nH]2)cn1)c1cscn1. The van der Waals surface area contributed by atoms with Gasteiger partial charge in [-0.3, -0.25) is 4.79 Å². The molecule has 0 saturated heterocycles. The fourth-order valence-corrected chi connectivity index (χ4v) is 3.12. The summed E-state index contributed by atoms with van der Waals surface area (Å²) in [4.78, 5) is 27.3. The number of nitrogens with zero attached hydrogens (tertiary/aromatic N) is 3. The Balaban J connectivity index is 1.52. The van der Waals surface area contributed by atoms with Gasteiger partial charge in [0, 0.05) is 22.7 Å². The number of pyridine rings is 1. The van der Waals surface area contributed by atoms with E-state index in [0.717, 1.165) is 12.1 Å². The van der Waals surface area contributed by atoms with Crippen LogP contribution in [0.15, 0.2) is 59.7 Å². The van der Waals surface area contributed by atoms with Crippen LogP contribution >= 0.6 is 11.3 Å². The van der Waals surface area contributed by atoms with E-state index < -0.39 is 11.7 Å². The average molecular weight is 415 g/mol. The number of hydrogen-bond donors (Lipinski definition) is 2. The highest BCUT2D eigenvalue weighted by molar-refractivity contribution is 7.07. The maximum atomic E-state index is 12.9. The lowest BCUT2D eigenvalue weighted by Gasteiger charge is -2.07. The third-order valence-electron chi connectivity index (χ3n) is 4.02. The number of halogens is 3. The predicted molar refractivity (Wildman–Crippen MR) is 102 cm³/mol. The van der Waals surface area contributed by atoms with Crippen molar-refractivity contribution in [3.05, 3.63) is 70.9 Å². The summed E-state index contributed by atoms with van der Waals surface area (Å²) in [5.74, 6) is 0.426. The highest BCUT2D eigenvalue weighted by atomic mass is 32.1. The summed E-state index contributed by atoms with van der Waals surface area (Å²) in [5, 5.41) is 4.26. The first-order valence-corrected chi connectivity index (χ1v) is 9.23. The Morgan fingerprint density at radius 3 is 2.59 bits per heavy atom. The topological polar surface area (TPSA) is 83.6 Å². The van der Waals surface area contributed by atoms with Gasteiger partial charge in [0.25, 0.3) is 5.91 Å². The van der Waals surface area contributed by atoms with E-state index in [1.54, 1.807) is 29.1 Å². The van der Waals surface area contributed by atoms with Gasteiger partial charge in [0.1, 0.15) is 17.3 Å². The van der Waals surface area contributed by atoms with Crippen molar-refractivity contribution in [3.8, 4) is 22.6 Å². The van der Waals surface area contributed by atoms with E-state index in [1.807, 2.05) is 0 Å². The number of aromatic amines is 1. The van der Waals surface area contributed by atoms with Gasteiger partial charge in [0.15, 0.2) is 0 Å². The summed E-state index contributed by atoms with van der Waals surface area (Å²) >= 11 is 1.31. The molecule has 4 rings (SSSR count). The molecule has 3 heterocycles. The molecule has 0 aliphatic heterocycles. The minimum atomic E-state index is -4.42. The Kier molecular flexibility index (Phi) is 4.85. The van der Waals surface area contributed by atoms with Gasteiger partial charge in [-0.25, -0.2) is 15.0 Å². The van der Waals surface area contributed by atoms with Crippen LogP contribution in [-0.4, -0.2) is 25.8 Å². The summed E-state index contributed by atoms with van der Waals surface area (Å²) < 4.78 is 38.7. The standard InChI is InChI=1S/C19H12F3N5OS/c20-19(21,22)13-3-1-2-11(6-13)14-8-24-17(26-14)12-4-5-16(23-7-12)27-18(28)15-9-29-10-25-15/h1-10H,(H,24,26)(H,23,27,28). The monoisotopic (exact) mass is 415 g/mol. The van der Waals surface area contributed by atoms with Crippen molar-refractivity contribution in [3.63, 3.8) is 0 Å². The molecule has 0 saturated carbocycles. The number of thiazole rings is 1. The van der Waals surface area contributed by atoms with Crippen LogP contribution in [0.4, 0.5) is 19.0 Å². The molecule has 1 amide bonds.